The average molecular weight is 348 g/mol. The number of nitrogens with zero attached hydrogens (tertiary/aromatic N) is 2. The summed E-state index contributed by atoms with van der Waals surface area (Å²) in [5.41, 5.74) is 0. The van der Waals surface area contributed by atoms with Gasteiger partial charge in [-0.25, -0.2) is 0 Å². The molecule has 0 aromatic heterocycles. The first kappa shape index (κ1) is 27.1. The first-order valence-corrected chi connectivity index (χ1v) is 8.08. The molecular formula is C16H32N2O6. The summed E-state index contributed by atoms with van der Waals surface area (Å²) in [5, 5.41) is 17.5. The molecule has 0 rings (SSSR count). The van der Waals surface area contributed by atoms with Gasteiger partial charge in [-0.15, -0.1) is 0 Å². The van der Waals surface area contributed by atoms with E-state index in [2.05, 4.69) is 0 Å². The molecule has 0 aromatic rings. The van der Waals surface area contributed by atoms with Crippen LogP contribution in [-0.2, 0) is 19.2 Å². The van der Waals surface area contributed by atoms with Gasteiger partial charge in [-0.1, -0.05) is 27.7 Å². The summed E-state index contributed by atoms with van der Waals surface area (Å²) in [4.78, 5) is 46.2. The number of hydrogen-bond acceptors (Lipinski definition) is 6. The van der Waals surface area contributed by atoms with Crippen LogP contribution >= 0.6 is 0 Å². The average Bonchev–Trinajstić information content (AvgIpc) is 2.46. The van der Waals surface area contributed by atoms with Gasteiger partial charge in [0.1, 0.15) is 11.6 Å². The Morgan fingerprint density at radius 3 is 1.04 bits per heavy atom. The number of rotatable bonds is 11. The fourth-order valence-corrected chi connectivity index (χ4v) is 1.72. The molecule has 0 aliphatic rings. The van der Waals surface area contributed by atoms with Crippen LogP contribution < -0.4 is 0 Å². The van der Waals surface area contributed by atoms with E-state index in [9.17, 15) is 19.2 Å². The van der Waals surface area contributed by atoms with Gasteiger partial charge in [-0.2, -0.15) is 0 Å². The minimum Gasteiger partial charge on any atom is -0.480 e. The Balaban J connectivity index is -0.00000102. The van der Waals surface area contributed by atoms with Gasteiger partial charge >= 0.3 is 11.9 Å². The van der Waals surface area contributed by atoms with Gasteiger partial charge in [0, 0.05) is 13.1 Å². The molecule has 0 aromatic carbocycles. The van der Waals surface area contributed by atoms with Crippen molar-refractivity contribution in [3.63, 3.8) is 0 Å². The van der Waals surface area contributed by atoms with Crippen LogP contribution in [0, 0.1) is 0 Å². The zero-order valence-electron chi connectivity index (χ0n) is 15.7. The van der Waals surface area contributed by atoms with E-state index in [1.54, 1.807) is 0 Å². The second-order valence-corrected chi connectivity index (χ2v) is 4.61. The number of carboxylic acid groups (broad SMARTS) is 2. The van der Waals surface area contributed by atoms with E-state index in [4.69, 9.17) is 10.2 Å². The van der Waals surface area contributed by atoms with Crippen molar-refractivity contribution in [2.45, 2.75) is 41.5 Å². The summed E-state index contributed by atoms with van der Waals surface area (Å²) >= 11 is 0. The standard InChI is InChI=1S/C12H20N2O6.2C2H6/c1-9(15)5-13(7-11(17)18)3-4-14(6-10(2)16)8-12(19)20;2*1-2/h3-8H2,1-2H3,(H,17,18)(H,19,20);2*1-2H3. The second kappa shape index (κ2) is 17.6. The molecule has 0 unspecified atom stereocenters. The maximum absolute atomic E-state index is 11.0. The number of aliphatic carboxylic acids is 2. The van der Waals surface area contributed by atoms with Crippen molar-refractivity contribution in [1.82, 2.24) is 9.80 Å². The molecule has 8 heteroatoms. The maximum atomic E-state index is 11.0. The Labute approximate surface area is 144 Å². The van der Waals surface area contributed by atoms with E-state index in [1.165, 1.54) is 23.6 Å². The summed E-state index contributed by atoms with van der Waals surface area (Å²) in [6.45, 7) is 10.4. The third kappa shape index (κ3) is 20.2. The van der Waals surface area contributed by atoms with Crippen molar-refractivity contribution in [2.24, 2.45) is 0 Å². The number of carbonyl (C=O) groups excluding carboxylic acids is 2. The molecule has 0 heterocycles. The minimum absolute atomic E-state index is 0.0206. The van der Waals surface area contributed by atoms with Gasteiger partial charge in [-0.05, 0) is 13.8 Å². The molecule has 0 aliphatic carbocycles. The van der Waals surface area contributed by atoms with E-state index in [0.717, 1.165) is 0 Å². The van der Waals surface area contributed by atoms with E-state index in [-0.39, 0.29) is 50.8 Å². The first-order chi connectivity index (χ1) is 11.2. The largest absolute Gasteiger partial charge is 0.480 e. The topological polar surface area (TPSA) is 115 Å². The molecule has 0 amide bonds. The Bertz CT molecular complexity index is 317. The summed E-state index contributed by atoms with van der Waals surface area (Å²) in [6.07, 6.45) is 0. The highest BCUT2D eigenvalue weighted by molar-refractivity contribution is 5.79. The van der Waals surface area contributed by atoms with E-state index in [0.29, 0.717) is 0 Å². The smallest absolute Gasteiger partial charge is 0.317 e. The zero-order chi connectivity index (χ0) is 19.7. The summed E-state index contributed by atoms with van der Waals surface area (Å²) in [7, 11) is 0. The van der Waals surface area contributed by atoms with E-state index >= 15 is 0 Å². The second-order valence-electron chi connectivity index (χ2n) is 4.61. The molecule has 24 heavy (non-hydrogen) atoms. The van der Waals surface area contributed by atoms with E-state index < -0.39 is 11.9 Å². The number of carboxylic acids is 2. The Morgan fingerprint density at radius 1 is 0.625 bits per heavy atom. The molecule has 0 radical (unpaired) electrons. The number of carbonyl (C=O) groups is 4. The van der Waals surface area contributed by atoms with Crippen molar-refractivity contribution < 1.29 is 29.4 Å². The van der Waals surface area contributed by atoms with Gasteiger partial charge in [0.25, 0.3) is 0 Å². The third-order valence-electron chi connectivity index (χ3n) is 2.34. The lowest BCUT2D eigenvalue weighted by Crippen LogP contribution is -2.42. The first-order valence-electron chi connectivity index (χ1n) is 8.08. The molecule has 0 bridgehead atoms. The predicted octanol–water partition coefficient (Wildman–Crippen LogP) is 0.990. The zero-order valence-corrected chi connectivity index (χ0v) is 15.7. The number of ketones is 2. The quantitative estimate of drug-likeness (QED) is 0.568. The van der Waals surface area contributed by atoms with Crippen LogP contribution in [-0.4, -0.2) is 82.8 Å². The normalized spacial score (nSPS) is 9.50. The SMILES string of the molecule is CC.CC.CC(=O)CN(CCN(CC(C)=O)CC(=O)O)CC(=O)O. The van der Waals surface area contributed by atoms with Crippen LogP contribution in [0.4, 0.5) is 0 Å². The van der Waals surface area contributed by atoms with E-state index in [1.807, 2.05) is 27.7 Å². The molecule has 0 fully saturated rings. The van der Waals surface area contributed by atoms with Crippen LogP contribution in [0.25, 0.3) is 0 Å². The van der Waals surface area contributed by atoms with Crippen LogP contribution in [0.15, 0.2) is 0 Å². The highest BCUT2D eigenvalue weighted by Gasteiger charge is 2.16. The lowest BCUT2D eigenvalue weighted by Gasteiger charge is -2.24. The summed E-state index contributed by atoms with van der Waals surface area (Å²) in [6, 6.07) is 0. The van der Waals surface area contributed by atoms with Gasteiger partial charge in [-0.3, -0.25) is 29.0 Å². The van der Waals surface area contributed by atoms with Crippen LogP contribution in [0.1, 0.15) is 41.5 Å². The molecule has 8 nitrogen and oxygen atoms in total. The molecule has 142 valence electrons. The Kier molecular flexibility index (Phi) is 19.8. The van der Waals surface area contributed by atoms with Crippen LogP contribution in [0.2, 0.25) is 0 Å². The highest BCUT2D eigenvalue weighted by atomic mass is 16.4. The molecule has 2 N–H and O–H groups in total. The molecule has 0 aliphatic heterocycles. The third-order valence-corrected chi connectivity index (χ3v) is 2.34. The maximum Gasteiger partial charge on any atom is 0.317 e. The fraction of sp³-hybridized carbons (Fsp3) is 0.750. The lowest BCUT2D eigenvalue weighted by atomic mass is 10.3. The monoisotopic (exact) mass is 348 g/mol. The number of Topliss-reactive ketones (excluding diaryl/α,β-unsaturated/α-hetero) is 2. The lowest BCUT2D eigenvalue weighted by molar-refractivity contribution is -0.141. The van der Waals surface area contributed by atoms with Crippen LogP contribution in [0.5, 0.6) is 0 Å². The predicted molar refractivity (Wildman–Crippen MR) is 92.2 cm³/mol. The van der Waals surface area contributed by atoms with Crippen molar-refractivity contribution in [3.05, 3.63) is 0 Å². The van der Waals surface area contributed by atoms with Crippen molar-refractivity contribution in [1.29, 1.82) is 0 Å². The van der Waals surface area contributed by atoms with Crippen molar-refractivity contribution in [2.75, 3.05) is 39.3 Å². The van der Waals surface area contributed by atoms with Gasteiger partial charge in [0.05, 0.1) is 26.2 Å². The number of hydrogen-bond donors (Lipinski definition) is 2. The molecular weight excluding hydrogens is 316 g/mol. The summed E-state index contributed by atoms with van der Waals surface area (Å²) < 4.78 is 0. The Morgan fingerprint density at radius 2 is 0.875 bits per heavy atom. The fourth-order valence-electron chi connectivity index (χ4n) is 1.72. The summed E-state index contributed by atoms with van der Waals surface area (Å²) in [5.74, 6) is -2.49. The Hall–Kier alpha value is -1.80. The highest BCUT2D eigenvalue weighted by Crippen LogP contribution is 1.95. The molecule has 0 saturated carbocycles. The molecule has 0 atom stereocenters. The van der Waals surface area contributed by atoms with Crippen LogP contribution in [0.3, 0.4) is 0 Å². The molecule has 0 spiro atoms. The molecule has 0 saturated heterocycles. The van der Waals surface area contributed by atoms with Gasteiger partial charge in [0.15, 0.2) is 0 Å². The minimum atomic E-state index is -1.07. The van der Waals surface area contributed by atoms with Crippen molar-refractivity contribution >= 4 is 23.5 Å². The van der Waals surface area contributed by atoms with Gasteiger partial charge in [0.2, 0.25) is 0 Å². The van der Waals surface area contributed by atoms with Gasteiger partial charge < -0.3 is 10.2 Å². The van der Waals surface area contributed by atoms with Crippen molar-refractivity contribution in [3.8, 4) is 0 Å².